The molecule has 112 valence electrons. The number of allylic oxidation sites excluding steroid dienone is 1. The van der Waals surface area contributed by atoms with Crippen LogP contribution in [0.15, 0.2) is 53.4 Å². The molecule has 0 saturated heterocycles. The third-order valence-electron chi connectivity index (χ3n) is 2.94. The summed E-state index contributed by atoms with van der Waals surface area (Å²) in [5.74, 6) is -0.395. The Kier molecular flexibility index (Phi) is 4.86. The Morgan fingerprint density at radius 1 is 1.18 bits per heavy atom. The predicted molar refractivity (Wildman–Crippen MR) is 85.8 cm³/mol. The molecular formula is C16H12ClNO3S. The summed E-state index contributed by atoms with van der Waals surface area (Å²) < 4.78 is 24.7. The van der Waals surface area contributed by atoms with Crippen LogP contribution in [-0.2, 0) is 15.6 Å². The molecule has 1 N–H and O–H groups in total. The van der Waals surface area contributed by atoms with Crippen molar-refractivity contribution in [3.63, 3.8) is 0 Å². The highest BCUT2D eigenvalue weighted by Gasteiger charge is 2.19. The maximum Gasteiger partial charge on any atom is 0.192 e. The van der Waals surface area contributed by atoms with Gasteiger partial charge in [-0.05, 0) is 29.8 Å². The van der Waals surface area contributed by atoms with E-state index in [-0.39, 0.29) is 17.1 Å². The summed E-state index contributed by atoms with van der Waals surface area (Å²) in [6.07, 6.45) is 1.17. The lowest BCUT2D eigenvalue weighted by Gasteiger charge is -2.04. The minimum atomic E-state index is -3.81. The second-order valence-corrected chi connectivity index (χ2v) is 6.96. The zero-order valence-electron chi connectivity index (χ0n) is 11.4. The van der Waals surface area contributed by atoms with Crippen LogP contribution in [-0.4, -0.2) is 13.5 Å². The number of nitriles is 1. The first-order valence-corrected chi connectivity index (χ1v) is 8.32. The van der Waals surface area contributed by atoms with Crippen molar-refractivity contribution in [2.45, 2.75) is 5.75 Å². The molecule has 0 unspecified atom stereocenters. The van der Waals surface area contributed by atoms with Gasteiger partial charge in [0.1, 0.15) is 16.7 Å². The van der Waals surface area contributed by atoms with Crippen LogP contribution >= 0.6 is 11.6 Å². The first-order chi connectivity index (χ1) is 10.4. The number of para-hydroxylation sites is 1. The molecular weight excluding hydrogens is 322 g/mol. The van der Waals surface area contributed by atoms with Crippen LogP contribution < -0.4 is 0 Å². The van der Waals surface area contributed by atoms with Gasteiger partial charge in [-0.2, -0.15) is 5.26 Å². The van der Waals surface area contributed by atoms with Crippen LogP contribution in [0.1, 0.15) is 11.1 Å². The standard InChI is InChI=1S/C16H12ClNO3S/c17-14-7-5-12(6-8-14)11-22(20,21)15(10-18)9-13-3-1-2-4-16(13)19/h1-9,19H,11H2/b15-9+. The molecule has 0 saturated carbocycles. The van der Waals surface area contributed by atoms with E-state index in [0.29, 0.717) is 10.6 Å². The van der Waals surface area contributed by atoms with Crippen LogP contribution in [0.25, 0.3) is 6.08 Å². The molecule has 4 nitrogen and oxygen atoms in total. The van der Waals surface area contributed by atoms with E-state index in [0.717, 1.165) is 0 Å². The average Bonchev–Trinajstić information content (AvgIpc) is 2.48. The highest BCUT2D eigenvalue weighted by Crippen LogP contribution is 2.23. The van der Waals surface area contributed by atoms with E-state index in [4.69, 9.17) is 16.9 Å². The smallest absolute Gasteiger partial charge is 0.192 e. The van der Waals surface area contributed by atoms with Crippen molar-refractivity contribution >= 4 is 27.5 Å². The monoisotopic (exact) mass is 333 g/mol. The normalized spacial score (nSPS) is 11.9. The largest absolute Gasteiger partial charge is 0.507 e. The van der Waals surface area contributed by atoms with Crippen LogP contribution in [0.4, 0.5) is 0 Å². The highest BCUT2D eigenvalue weighted by atomic mass is 35.5. The fourth-order valence-electron chi connectivity index (χ4n) is 1.82. The number of phenolic OH excluding ortho intramolecular Hbond substituents is 1. The number of hydrogen-bond acceptors (Lipinski definition) is 4. The van der Waals surface area contributed by atoms with Crippen molar-refractivity contribution in [1.82, 2.24) is 0 Å². The summed E-state index contributed by atoms with van der Waals surface area (Å²) in [5, 5.41) is 19.3. The minimum Gasteiger partial charge on any atom is -0.507 e. The summed E-state index contributed by atoms with van der Waals surface area (Å²) in [6, 6.07) is 14.3. The van der Waals surface area contributed by atoms with Crippen molar-refractivity contribution in [3.05, 3.63) is 69.6 Å². The summed E-state index contributed by atoms with van der Waals surface area (Å²) in [7, 11) is -3.81. The van der Waals surface area contributed by atoms with Crippen molar-refractivity contribution in [2.75, 3.05) is 0 Å². The molecule has 0 spiro atoms. The second kappa shape index (κ2) is 6.65. The summed E-state index contributed by atoms with van der Waals surface area (Å²) >= 11 is 5.76. The van der Waals surface area contributed by atoms with Crippen molar-refractivity contribution in [2.24, 2.45) is 0 Å². The lowest BCUT2D eigenvalue weighted by atomic mass is 10.2. The molecule has 0 radical (unpaired) electrons. The molecule has 0 aliphatic rings. The Bertz CT molecular complexity index is 850. The topological polar surface area (TPSA) is 78.2 Å². The van der Waals surface area contributed by atoms with Gasteiger partial charge in [-0.3, -0.25) is 0 Å². The number of hydrogen-bond donors (Lipinski definition) is 1. The third kappa shape index (κ3) is 3.88. The summed E-state index contributed by atoms with van der Waals surface area (Å²) in [6.45, 7) is 0. The molecule has 0 heterocycles. The number of aromatic hydroxyl groups is 1. The first kappa shape index (κ1) is 16.1. The van der Waals surface area contributed by atoms with Crippen molar-refractivity contribution in [1.29, 1.82) is 5.26 Å². The van der Waals surface area contributed by atoms with Crippen LogP contribution in [0, 0.1) is 11.3 Å². The van der Waals surface area contributed by atoms with Gasteiger partial charge in [0.05, 0.1) is 5.75 Å². The number of phenols is 1. The Balaban J connectivity index is 2.36. The van der Waals surface area contributed by atoms with Gasteiger partial charge < -0.3 is 5.11 Å². The molecule has 0 fully saturated rings. The minimum absolute atomic E-state index is 0.0862. The molecule has 2 aromatic rings. The van der Waals surface area contributed by atoms with Gasteiger partial charge in [-0.15, -0.1) is 0 Å². The number of sulfone groups is 1. The average molecular weight is 334 g/mol. The molecule has 0 amide bonds. The summed E-state index contributed by atoms with van der Waals surface area (Å²) in [5.41, 5.74) is 0.807. The van der Waals surface area contributed by atoms with Gasteiger partial charge in [0.2, 0.25) is 0 Å². The number of halogens is 1. The Morgan fingerprint density at radius 2 is 1.82 bits per heavy atom. The zero-order valence-corrected chi connectivity index (χ0v) is 13.0. The van der Waals surface area contributed by atoms with Gasteiger partial charge in [-0.25, -0.2) is 8.42 Å². The maximum absolute atomic E-state index is 12.3. The Hall–Kier alpha value is -2.29. The molecule has 0 aromatic heterocycles. The van der Waals surface area contributed by atoms with Gasteiger partial charge in [0, 0.05) is 10.6 Å². The van der Waals surface area contributed by atoms with E-state index >= 15 is 0 Å². The molecule has 0 bridgehead atoms. The van der Waals surface area contributed by atoms with E-state index in [1.165, 1.54) is 18.2 Å². The lowest BCUT2D eigenvalue weighted by Crippen LogP contribution is -2.06. The van der Waals surface area contributed by atoms with Crippen LogP contribution in [0.3, 0.4) is 0 Å². The number of nitrogens with zero attached hydrogens (tertiary/aromatic N) is 1. The predicted octanol–water partition coefficient (Wildman–Crippen LogP) is 3.53. The van der Waals surface area contributed by atoms with Gasteiger partial charge in [0.25, 0.3) is 0 Å². The molecule has 22 heavy (non-hydrogen) atoms. The van der Waals surface area contributed by atoms with E-state index in [2.05, 4.69) is 0 Å². The van der Waals surface area contributed by atoms with Gasteiger partial charge in [0.15, 0.2) is 9.84 Å². The highest BCUT2D eigenvalue weighted by molar-refractivity contribution is 7.95. The van der Waals surface area contributed by atoms with E-state index in [9.17, 15) is 13.5 Å². The zero-order chi connectivity index (χ0) is 16.2. The summed E-state index contributed by atoms with van der Waals surface area (Å²) in [4.78, 5) is -0.399. The van der Waals surface area contributed by atoms with Crippen LogP contribution in [0.5, 0.6) is 5.75 Å². The fraction of sp³-hybridized carbons (Fsp3) is 0.0625. The first-order valence-electron chi connectivity index (χ1n) is 6.29. The number of rotatable bonds is 4. The van der Waals surface area contributed by atoms with E-state index < -0.39 is 14.7 Å². The van der Waals surface area contributed by atoms with Crippen molar-refractivity contribution < 1.29 is 13.5 Å². The molecule has 0 aliphatic carbocycles. The molecule has 0 aliphatic heterocycles. The van der Waals surface area contributed by atoms with E-state index in [1.807, 2.05) is 0 Å². The van der Waals surface area contributed by atoms with Gasteiger partial charge in [-0.1, -0.05) is 41.9 Å². The Morgan fingerprint density at radius 3 is 2.41 bits per heavy atom. The molecule has 0 atom stereocenters. The SMILES string of the molecule is N#C/C(=C\c1ccccc1O)S(=O)(=O)Cc1ccc(Cl)cc1. The van der Waals surface area contributed by atoms with E-state index in [1.54, 1.807) is 42.5 Å². The fourth-order valence-corrected chi connectivity index (χ4v) is 3.18. The quantitative estimate of drug-likeness (QED) is 0.868. The third-order valence-corrected chi connectivity index (χ3v) is 4.78. The number of benzene rings is 2. The maximum atomic E-state index is 12.3. The molecule has 6 heteroatoms. The molecule has 2 rings (SSSR count). The van der Waals surface area contributed by atoms with Crippen LogP contribution in [0.2, 0.25) is 5.02 Å². The molecule has 2 aromatic carbocycles. The lowest BCUT2D eigenvalue weighted by molar-refractivity contribution is 0.474. The second-order valence-electron chi connectivity index (χ2n) is 4.56. The van der Waals surface area contributed by atoms with Crippen molar-refractivity contribution in [3.8, 4) is 11.8 Å². The Labute approximate surface area is 133 Å². The van der Waals surface area contributed by atoms with Gasteiger partial charge >= 0.3 is 0 Å².